The van der Waals surface area contributed by atoms with Gasteiger partial charge < -0.3 is 14.5 Å². The van der Waals surface area contributed by atoms with Gasteiger partial charge in [0, 0.05) is 13.7 Å². The van der Waals surface area contributed by atoms with E-state index >= 15 is 0 Å². The fourth-order valence-electron chi connectivity index (χ4n) is 1.41. The van der Waals surface area contributed by atoms with Crippen LogP contribution in [0.4, 0.5) is 0 Å². The Bertz CT molecular complexity index is 470. The first-order valence-electron chi connectivity index (χ1n) is 5.05. The Kier molecular flexibility index (Phi) is 3.77. The molecule has 0 aliphatic heterocycles. The molecular formula is C11H13ClN2O2. The van der Waals surface area contributed by atoms with Crippen LogP contribution in [-0.4, -0.2) is 25.2 Å². The zero-order chi connectivity index (χ0) is 11.4. The van der Waals surface area contributed by atoms with Crippen molar-refractivity contribution in [3.05, 3.63) is 29.1 Å². The Morgan fingerprint density at radius 1 is 1.50 bits per heavy atom. The third-order valence-corrected chi connectivity index (χ3v) is 2.47. The van der Waals surface area contributed by atoms with Crippen LogP contribution in [0.2, 0.25) is 5.02 Å². The van der Waals surface area contributed by atoms with Crippen molar-refractivity contribution in [3.63, 3.8) is 0 Å². The number of halogens is 1. The summed E-state index contributed by atoms with van der Waals surface area (Å²) in [4.78, 5) is 4.32. The minimum Gasteiger partial charge on any atom is -0.438 e. The molecule has 0 amide bonds. The van der Waals surface area contributed by atoms with E-state index in [1.54, 1.807) is 13.2 Å². The first-order valence-corrected chi connectivity index (χ1v) is 5.42. The van der Waals surface area contributed by atoms with E-state index in [2.05, 4.69) is 10.3 Å². The van der Waals surface area contributed by atoms with Crippen molar-refractivity contribution in [2.45, 2.75) is 6.54 Å². The first kappa shape index (κ1) is 11.4. The van der Waals surface area contributed by atoms with Gasteiger partial charge >= 0.3 is 0 Å². The average Bonchev–Trinajstić information content (AvgIpc) is 2.69. The molecule has 0 atom stereocenters. The van der Waals surface area contributed by atoms with Crippen molar-refractivity contribution < 1.29 is 9.15 Å². The standard InChI is InChI=1S/C11H13ClN2O2/c1-15-6-5-13-7-10-14-9-4-2-3-8(12)11(9)16-10/h2-4,13H,5-7H2,1H3. The Hall–Kier alpha value is -1.10. The molecule has 0 fully saturated rings. The van der Waals surface area contributed by atoms with Crippen LogP contribution in [0.25, 0.3) is 11.1 Å². The lowest BCUT2D eigenvalue weighted by molar-refractivity contribution is 0.198. The summed E-state index contributed by atoms with van der Waals surface area (Å²) in [5.74, 6) is 0.638. The van der Waals surface area contributed by atoms with Crippen LogP contribution in [0.3, 0.4) is 0 Å². The minimum absolute atomic E-state index is 0.578. The summed E-state index contributed by atoms with van der Waals surface area (Å²) < 4.78 is 10.5. The molecule has 1 aromatic carbocycles. The van der Waals surface area contributed by atoms with Crippen LogP contribution < -0.4 is 5.32 Å². The summed E-state index contributed by atoms with van der Waals surface area (Å²) in [6.07, 6.45) is 0. The van der Waals surface area contributed by atoms with Gasteiger partial charge in [0.25, 0.3) is 0 Å². The molecule has 86 valence electrons. The maximum Gasteiger partial charge on any atom is 0.209 e. The van der Waals surface area contributed by atoms with Crippen LogP contribution in [0.5, 0.6) is 0 Å². The Morgan fingerprint density at radius 2 is 2.38 bits per heavy atom. The van der Waals surface area contributed by atoms with Gasteiger partial charge in [0.2, 0.25) is 5.89 Å². The molecule has 5 heteroatoms. The third kappa shape index (κ3) is 2.52. The number of nitrogens with zero attached hydrogens (tertiary/aromatic N) is 1. The van der Waals surface area contributed by atoms with E-state index in [1.165, 1.54) is 0 Å². The highest BCUT2D eigenvalue weighted by molar-refractivity contribution is 6.34. The van der Waals surface area contributed by atoms with Crippen molar-refractivity contribution >= 4 is 22.7 Å². The molecule has 1 heterocycles. The lowest BCUT2D eigenvalue weighted by atomic mass is 10.3. The number of hydrogen-bond donors (Lipinski definition) is 1. The van der Waals surface area contributed by atoms with Crippen molar-refractivity contribution in [1.29, 1.82) is 0 Å². The van der Waals surface area contributed by atoms with E-state index in [4.69, 9.17) is 20.8 Å². The maximum absolute atomic E-state index is 5.98. The molecule has 0 bridgehead atoms. The lowest BCUT2D eigenvalue weighted by Crippen LogP contribution is -2.18. The van der Waals surface area contributed by atoms with Crippen molar-refractivity contribution in [2.75, 3.05) is 20.3 Å². The van der Waals surface area contributed by atoms with Gasteiger partial charge in [-0.25, -0.2) is 4.98 Å². The lowest BCUT2D eigenvalue weighted by Gasteiger charge is -1.99. The number of methoxy groups -OCH3 is 1. The quantitative estimate of drug-likeness (QED) is 0.814. The monoisotopic (exact) mass is 240 g/mol. The second kappa shape index (κ2) is 5.30. The Morgan fingerprint density at radius 3 is 3.12 bits per heavy atom. The van der Waals surface area contributed by atoms with Gasteiger partial charge in [-0.3, -0.25) is 0 Å². The topological polar surface area (TPSA) is 47.3 Å². The van der Waals surface area contributed by atoms with Gasteiger partial charge in [-0.05, 0) is 12.1 Å². The van der Waals surface area contributed by atoms with Gasteiger partial charge in [-0.15, -0.1) is 0 Å². The molecule has 2 aromatic rings. The predicted octanol–water partition coefficient (Wildman–Crippen LogP) is 2.22. The van der Waals surface area contributed by atoms with E-state index in [0.29, 0.717) is 29.6 Å². The van der Waals surface area contributed by atoms with Crippen molar-refractivity contribution in [3.8, 4) is 0 Å². The van der Waals surface area contributed by atoms with E-state index in [-0.39, 0.29) is 0 Å². The summed E-state index contributed by atoms with van der Waals surface area (Å²) in [5.41, 5.74) is 1.43. The molecule has 0 aliphatic rings. The largest absolute Gasteiger partial charge is 0.438 e. The fraction of sp³-hybridized carbons (Fsp3) is 0.364. The summed E-state index contributed by atoms with van der Waals surface area (Å²) in [5, 5.41) is 3.75. The summed E-state index contributed by atoms with van der Waals surface area (Å²) in [6, 6.07) is 5.52. The molecule has 0 unspecified atom stereocenters. The zero-order valence-electron chi connectivity index (χ0n) is 9.00. The second-order valence-electron chi connectivity index (χ2n) is 3.37. The van der Waals surface area contributed by atoms with Crippen LogP contribution in [0, 0.1) is 0 Å². The molecule has 0 radical (unpaired) electrons. The number of fused-ring (bicyclic) bond motifs is 1. The summed E-state index contributed by atoms with van der Waals surface area (Å²) >= 11 is 5.98. The van der Waals surface area contributed by atoms with Crippen molar-refractivity contribution in [1.82, 2.24) is 10.3 Å². The normalized spacial score (nSPS) is 11.1. The molecule has 1 N–H and O–H groups in total. The number of para-hydroxylation sites is 1. The van der Waals surface area contributed by atoms with Gasteiger partial charge in [0.1, 0.15) is 5.52 Å². The average molecular weight is 241 g/mol. The molecule has 0 saturated carbocycles. The van der Waals surface area contributed by atoms with Crippen molar-refractivity contribution in [2.24, 2.45) is 0 Å². The van der Waals surface area contributed by atoms with E-state index in [0.717, 1.165) is 12.1 Å². The van der Waals surface area contributed by atoms with E-state index in [1.807, 2.05) is 12.1 Å². The summed E-state index contributed by atoms with van der Waals surface area (Å²) in [6.45, 7) is 2.01. The molecule has 16 heavy (non-hydrogen) atoms. The molecule has 2 rings (SSSR count). The van der Waals surface area contributed by atoms with Gasteiger partial charge in [-0.1, -0.05) is 17.7 Å². The van der Waals surface area contributed by atoms with E-state index in [9.17, 15) is 0 Å². The molecule has 0 spiro atoms. The number of ether oxygens (including phenoxy) is 1. The van der Waals surface area contributed by atoms with E-state index < -0.39 is 0 Å². The highest BCUT2D eigenvalue weighted by atomic mass is 35.5. The molecule has 0 aliphatic carbocycles. The maximum atomic E-state index is 5.98. The predicted molar refractivity (Wildman–Crippen MR) is 62.6 cm³/mol. The van der Waals surface area contributed by atoms with Crippen LogP contribution in [0.1, 0.15) is 5.89 Å². The fourth-order valence-corrected chi connectivity index (χ4v) is 1.61. The molecule has 4 nitrogen and oxygen atoms in total. The van der Waals surface area contributed by atoms with Crippen LogP contribution in [-0.2, 0) is 11.3 Å². The van der Waals surface area contributed by atoms with Crippen LogP contribution in [0.15, 0.2) is 22.6 Å². The SMILES string of the molecule is COCCNCc1nc2cccc(Cl)c2o1. The molecule has 0 saturated heterocycles. The number of rotatable bonds is 5. The third-order valence-electron chi connectivity index (χ3n) is 2.17. The minimum atomic E-state index is 0.578. The van der Waals surface area contributed by atoms with Gasteiger partial charge in [-0.2, -0.15) is 0 Å². The molecular weight excluding hydrogens is 228 g/mol. The number of benzene rings is 1. The highest BCUT2D eigenvalue weighted by Crippen LogP contribution is 2.23. The second-order valence-corrected chi connectivity index (χ2v) is 3.77. The Balaban J connectivity index is 2.05. The van der Waals surface area contributed by atoms with Gasteiger partial charge in [0.05, 0.1) is 18.2 Å². The number of nitrogens with one attached hydrogen (secondary N) is 1. The smallest absolute Gasteiger partial charge is 0.209 e. The Labute approximate surface area is 98.6 Å². The summed E-state index contributed by atoms with van der Waals surface area (Å²) in [7, 11) is 1.67. The number of aromatic nitrogens is 1. The number of oxazole rings is 1. The highest BCUT2D eigenvalue weighted by Gasteiger charge is 2.07. The zero-order valence-corrected chi connectivity index (χ0v) is 9.75. The number of hydrogen-bond acceptors (Lipinski definition) is 4. The van der Waals surface area contributed by atoms with Gasteiger partial charge in [0.15, 0.2) is 5.58 Å². The van der Waals surface area contributed by atoms with Crippen LogP contribution >= 0.6 is 11.6 Å². The first-order chi connectivity index (χ1) is 7.81. The molecule has 1 aromatic heterocycles.